The summed E-state index contributed by atoms with van der Waals surface area (Å²) in [5.74, 6) is 2.12. The van der Waals surface area contributed by atoms with Gasteiger partial charge in [-0.25, -0.2) is 4.99 Å². The summed E-state index contributed by atoms with van der Waals surface area (Å²) >= 11 is 2.25. The van der Waals surface area contributed by atoms with Gasteiger partial charge >= 0.3 is 0 Å². The summed E-state index contributed by atoms with van der Waals surface area (Å²) in [6.45, 7) is 0.406. The summed E-state index contributed by atoms with van der Waals surface area (Å²) in [4.78, 5) is 4.64. The van der Waals surface area contributed by atoms with Crippen LogP contribution in [0.15, 0.2) is 125 Å². The molecular weight excluding hydrogens is 635 g/mol. The summed E-state index contributed by atoms with van der Waals surface area (Å²) in [5, 5.41) is 12.5. The van der Waals surface area contributed by atoms with Gasteiger partial charge < -0.3 is 13.9 Å². The number of hydrogen-bond acceptors (Lipinski definition) is 5. The number of fused-ring (bicyclic) bond motifs is 1. The zero-order valence-electron chi connectivity index (χ0n) is 22.8. The minimum atomic E-state index is 0.250. The molecule has 0 radical (unpaired) electrons. The van der Waals surface area contributed by atoms with Crippen molar-refractivity contribution in [2.75, 3.05) is 7.11 Å². The Balaban J connectivity index is 1.33. The molecule has 5 aromatic carbocycles. The SMILES string of the molecule is COc1cc(C=Nc2oc(-c3ccccc3)c(-c3ccccc3)c2C#N)cc(I)c1OCc1cccc2ccccc12. The van der Waals surface area contributed by atoms with Gasteiger partial charge in [-0.3, -0.25) is 0 Å². The smallest absolute Gasteiger partial charge is 0.238 e. The highest BCUT2D eigenvalue weighted by molar-refractivity contribution is 14.1. The number of halogens is 1. The first-order valence-corrected chi connectivity index (χ1v) is 14.4. The van der Waals surface area contributed by atoms with E-state index in [1.807, 2.05) is 91.0 Å². The van der Waals surface area contributed by atoms with Crippen molar-refractivity contribution >= 4 is 45.5 Å². The summed E-state index contributed by atoms with van der Waals surface area (Å²) in [6.07, 6.45) is 1.68. The van der Waals surface area contributed by atoms with E-state index in [4.69, 9.17) is 13.9 Å². The van der Waals surface area contributed by atoms with Gasteiger partial charge in [0.1, 0.15) is 24.0 Å². The van der Waals surface area contributed by atoms with Crippen LogP contribution < -0.4 is 9.47 Å². The maximum absolute atomic E-state index is 10.2. The van der Waals surface area contributed by atoms with E-state index >= 15 is 0 Å². The summed E-state index contributed by atoms with van der Waals surface area (Å²) in [5.41, 5.74) is 4.76. The van der Waals surface area contributed by atoms with Crippen LogP contribution in [0.4, 0.5) is 5.88 Å². The van der Waals surface area contributed by atoms with Gasteiger partial charge in [-0.05, 0) is 62.2 Å². The molecule has 0 N–H and O–H groups in total. The molecule has 0 aliphatic carbocycles. The maximum Gasteiger partial charge on any atom is 0.238 e. The second-order valence-electron chi connectivity index (χ2n) is 9.55. The number of benzene rings is 5. The largest absolute Gasteiger partial charge is 0.493 e. The monoisotopic (exact) mass is 660 g/mol. The summed E-state index contributed by atoms with van der Waals surface area (Å²) in [7, 11) is 1.62. The third-order valence-electron chi connectivity index (χ3n) is 6.93. The number of hydrogen-bond donors (Lipinski definition) is 0. The second-order valence-corrected chi connectivity index (χ2v) is 10.7. The maximum atomic E-state index is 10.2. The molecule has 0 fully saturated rings. The van der Waals surface area contributed by atoms with Crippen LogP contribution in [0.3, 0.4) is 0 Å². The third-order valence-corrected chi connectivity index (χ3v) is 7.74. The Morgan fingerprint density at radius 2 is 1.55 bits per heavy atom. The Morgan fingerprint density at radius 3 is 2.29 bits per heavy atom. The lowest BCUT2D eigenvalue weighted by atomic mass is 9.98. The van der Waals surface area contributed by atoms with Crippen LogP contribution in [0, 0.1) is 14.9 Å². The Hall–Kier alpha value is -4.87. The molecule has 5 nitrogen and oxygen atoms in total. The van der Waals surface area contributed by atoms with Crippen molar-refractivity contribution in [1.82, 2.24) is 0 Å². The van der Waals surface area contributed by atoms with Crippen molar-refractivity contribution in [3.05, 3.63) is 136 Å². The molecule has 0 bridgehead atoms. The lowest BCUT2D eigenvalue weighted by Gasteiger charge is -2.14. The van der Waals surface area contributed by atoms with Gasteiger partial charge in [0.05, 0.1) is 10.7 Å². The summed E-state index contributed by atoms with van der Waals surface area (Å²) in [6, 6.07) is 40.2. The molecular formula is C36H25IN2O3. The highest BCUT2D eigenvalue weighted by atomic mass is 127. The molecule has 0 aliphatic heterocycles. The van der Waals surface area contributed by atoms with E-state index in [2.05, 4.69) is 57.9 Å². The van der Waals surface area contributed by atoms with Gasteiger partial charge in [-0.2, -0.15) is 5.26 Å². The van der Waals surface area contributed by atoms with Gasteiger partial charge in [0, 0.05) is 17.3 Å². The zero-order chi connectivity index (χ0) is 28.9. The van der Waals surface area contributed by atoms with Gasteiger partial charge in [0.25, 0.3) is 0 Å². The molecule has 0 spiro atoms. The fourth-order valence-corrected chi connectivity index (χ4v) is 5.72. The van der Waals surface area contributed by atoms with Crippen LogP contribution in [0.25, 0.3) is 33.2 Å². The molecule has 42 heavy (non-hydrogen) atoms. The Kier molecular flexibility index (Phi) is 8.02. The van der Waals surface area contributed by atoms with Gasteiger partial charge in [0.2, 0.25) is 5.88 Å². The van der Waals surface area contributed by atoms with Crippen LogP contribution in [0.2, 0.25) is 0 Å². The molecule has 0 atom stereocenters. The summed E-state index contributed by atoms with van der Waals surface area (Å²) < 4.78 is 19.1. The fraction of sp³-hybridized carbons (Fsp3) is 0.0556. The van der Waals surface area contributed by atoms with E-state index < -0.39 is 0 Å². The number of rotatable bonds is 8. The lowest BCUT2D eigenvalue weighted by Crippen LogP contribution is -2.01. The quantitative estimate of drug-likeness (QED) is 0.121. The number of methoxy groups -OCH3 is 1. The van der Waals surface area contributed by atoms with Crippen molar-refractivity contribution < 1.29 is 13.9 Å². The Morgan fingerprint density at radius 1 is 0.857 bits per heavy atom. The van der Waals surface area contributed by atoms with E-state index in [0.717, 1.165) is 36.8 Å². The number of furan rings is 1. The van der Waals surface area contributed by atoms with Crippen molar-refractivity contribution in [3.63, 3.8) is 0 Å². The normalized spacial score (nSPS) is 11.1. The molecule has 1 heterocycles. The first-order valence-electron chi connectivity index (χ1n) is 13.3. The van der Waals surface area contributed by atoms with Crippen molar-refractivity contribution in [3.8, 4) is 40.0 Å². The van der Waals surface area contributed by atoms with E-state index in [1.54, 1.807) is 13.3 Å². The molecule has 0 saturated carbocycles. The van der Waals surface area contributed by atoms with Crippen molar-refractivity contribution in [1.29, 1.82) is 5.26 Å². The van der Waals surface area contributed by atoms with Crippen LogP contribution in [-0.2, 0) is 6.61 Å². The number of nitrogens with zero attached hydrogens (tertiary/aromatic N) is 2. The molecule has 1 aromatic heterocycles. The predicted octanol–water partition coefficient (Wildman–Crippen LogP) is 9.58. The highest BCUT2D eigenvalue weighted by Gasteiger charge is 2.22. The zero-order valence-corrected chi connectivity index (χ0v) is 24.9. The average Bonchev–Trinajstić information content (AvgIpc) is 3.42. The topological polar surface area (TPSA) is 67.8 Å². The molecule has 0 saturated heterocycles. The van der Waals surface area contributed by atoms with E-state index in [-0.39, 0.29) is 5.88 Å². The average molecular weight is 661 g/mol. The standard InChI is InChI=1S/C36H25IN2O3/c1-40-32-20-24(19-31(37)35(32)41-23-28-17-10-16-25-11-8-9-18-29(25)28)22-39-36-30(21-38)33(26-12-4-2-5-13-26)34(42-36)27-14-6-3-7-15-27/h2-20,22H,23H2,1H3. The van der Waals surface area contributed by atoms with Crippen molar-refractivity contribution in [2.24, 2.45) is 4.99 Å². The highest BCUT2D eigenvalue weighted by Crippen LogP contribution is 2.42. The lowest BCUT2D eigenvalue weighted by molar-refractivity contribution is 0.283. The Labute approximate surface area is 257 Å². The minimum Gasteiger partial charge on any atom is -0.493 e. The first-order chi connectivity index (χ1) is 20.7. The fourth-order valence-electron chi connectivity index (χ4n) is 4.94. The van der Waals surface area contributed by atoms with Crippen LogP contribution in [0.5, 0.6) is 11.5 Å². The van der Waals surface area contributed by atoms with E-state index in [9.17, 15) is 5.26 Å². The van der Waals surface area contributed by atoms with Gasteiger partial charge in [-0.1, -0.05) is 103 Å². The number of nitriles is 1. The van der Waals surface area contributed by atoms with Crippen LogP contribution in [-0.4, -0.2) is 13.3 Å². The molecule has 6 heteroatoms. The predicted molar refractivity (Wildman–Crippen MR) is 176 cm³/mol. The second kappa shape index (κ2) is 12.3. The van der Waals surface area contributed by atoms with Crippen molar-refractivity contribution in [2.45, 2.75) is 6.61 Å². The van der Waals surface area contributed by atoms with E-state index in [1.165, 1.54) is 5.39 Å². The van der Waals surface area contributed by atoms with Gasteiger partial charge in [0.15, 0.2) is 11.5 Å². The number of ether oxygens (including phenoxy) is 2. The first kappa shape index (κ1) is 27.3. The molecule has 6 rings (SSSR count). The van der Waals surface area contributed by atoms with Crippen LogP contribution >= 0.6 is 22.6 Å². The van der Waals surface area contributed by atoms with Gasteiger partial charge in [-0.15, -0.1) is 0 Å². The minimum absolute atomic E-state index is 0.250. The molecule has 0 amide bonds. The number of aliphatic imine (C=N–C) groups is 1. The molecule has 0 aliphatic rings. The van der Waals surface area contributed by atoms with E-state index in [0.29, 0.717) is 29.4 Å². The molecule has 0 unspecified atom stereocenters. The Bertz CT molecular complexity index is 1940. The third kappa shape index (κ3) is 5.52. The van der Waals surface area contributed by atoms with Crippen LogP contribution in [0.1, 0.15) is 16.7 Å². The molecule has 204 valence electrons. The molecule has 6 aromatic rings.